The number of aliphatic imine (C=N–C) groups is 1. The number of fused-ring (bicyclic) bond motifs is 6. The first-order valence-corrected chi connectivity index (χ1v) is 7.32. The summed E-state index contributed by atoms with van der Waals surface area (Å²) in [5.74, 6) is 1.81. The fourth-order valence-electron chi connectivity index (χ4n) is 2.97. The van der Waals surface area contributed by atoms with E-state index in [-0.39, 0.29) is 0 Å². The Hall–Kier alpha value is -0.610. The molecule has 1 aromatic carbocycles. The van der Waals surface area contributed by atoms with Crippen LogP contribution in [0.15, 0.2) is 38.2 Å². The van der Waals surface area contributed by atoms with E-state index in [4.69, 9.17) is 4.99 Å². The Balaban J connectivity index is 1.90. The predicted octanol–water partition coefficient (Wildman–Crippen LogP) is 4.02. The highest BCUT2D eigenvalue weighted by atomic mass is 79.9. The van der Waals surface area contributed by atoms with Crippen LogP contribution in [0.1, 0.15) is 12.0 Å². The van der Waals surface area contributed by atoms with Gasteiger partial charge in [0.15, 0.2) is 0 Å². The van der Waals surface area contributed by atoms with Gasteiger partial charge in [-0.25, -0.2) is 4.99 Å². The van der Waals surface area contributed by atoms with Crippen LogP contribution in [0.25, 0.3) is 0 Å². The first kappa shape index (κ1) is 10.3. The molecule has 1 aliphatic carbocycles. The molecule has 2 atom stereocenters. The number of hydrogen-bond acceptors (Lipinski definition) is 2. The van der Waals surface area contributed by atoms with Gasteiger partial charge in [0.05, 0.1) is 5.69 Å². The molecule has 2 heterocycles. The van der Waals surface area contributed by atoms with Crippen molar-refractivity contribution in [1.29, 1.82) is 0 Å². The molecule has 0 radical (unpaired) electrons. The highest BCUT2D eigenvalue weighted by Crippen LogP contribution is 2.43. The van der Waals surface area contributed by atoms with Crippen LogP contribution in [0.5, 0.6) is 0 Å². The minimum Gasteiger partial charge on any atom is -0.349 e. The largest absolute Gasteiger partial charge is 0.349 e. The van der Waals surface area contributed by atoms with Crippen LogP contribution in [-0.4, -0.2) is 16.8 Å². The molecule has 0 saturated carbocycles. The summed E-state index contributed by atoms with van der Waals surface area (Å²) in [5, 5.41) is 0. The molecule has 2 nitrogen and oxygen atoms in total. The van der Waals surface area contributed by atoms with E-state index in [0.717, 1.165) is 21.2 Å². The Labute approximate surface area is 117 Å². The molecular formula is C13H10Br2N2. The molecule has 1 saturated heterocycles. The van der Waals surface area contributed by atoms with E-state index < -0.39 is 0 Å². The zero-order valence-electron chi connectivity index (χ0n) is 9.03. The second kappa shape index (κ2) is 3.45. The Kier molecular flexibility index (Phi) is 2.10. The van der Waals surface area contributed by atoms with Gasteiger partial charge in [0.2, 0.25) is 0 Å². The lowest BCUT2D eigenvalue weighted by Gasteiger charge is -2.32. The number of halogens is 2. The molecule has 2 bridgehead atoms. The number of benzene rings is 1. The lowest BCUT2D eigenvalue weighted by atomic mass is 10.1. The predicted molar refractivity (Wildman–Crippen MR) is 75.5 cm³/mol. The molecule has 0 amide bonds. The third-order valence-corrected chi connectivity index (χ3v) is 4.95. The van der Waals surface area contributed by atoms with E-state index in [1.165, 1.54) is 17.8 Å². The summed E-state index contributed by atoms with van der Waals surface area (Å²) in [7, 11) is 0. The third kappa shape index (κ3) is 1.40. The van der Waals surface area contributed by atoms with Crippen LogP contribution in [0, 0.1) is 5.92 Å². The zero-order chi connectivity index (χ0) is 11.6. The van der Waals surface area contributed by atoms with Gasteiger partial charge >= 0.3 is 0 Å². The van der Waals surface area contributed by atoms with Crippen molar-refractivity contribution < 1.29 is 0 Å². The van der Waals surface area contributed by atoms with Crippen molar-refractivity contribution in [2.24, 2.45) is 10.9 Å². The molecule has 4 heteroatoms. The van der Waals surface area contributed by atoms with Crippen LogP contribution < -0.4 is 0 Å². The van der Waals surface area contributed by atoms with Gasteiger partial charge in [-0.2, -0.15) is 0 Å². The van der Waals surface area contributed by atoms with Gasteiger partial charge in [-0.1, -0.05) is 44.0 Å². The van der Waals surface area contributed by atoms with Crippen LogP contribution in [-0.2, 0) is 6.54 Å². The molecule has 4 rings (SSSR count). The van der Waals surface area contributed by atoms with Crippen molar-refractivity contribution in [3.05, 3.63) is 38.8 Å². The van der Waals surface area contributed by atoms with Crippen molar-refractivity contribution in [2.75, 3.05) is 0 Å². The van der Waals surface area contributed by atoms with Gasteiger partial charge in [0.1, 0.15) is 5.84 Å². The lowest BCUT2D eigenvalue weighted by Crippen LogP contribution is -2.36. The van der Waals surface area contributed by atoms with E-state index in [1.54, 1.807) is 0 Å². The zero-order valence-corrected chi connectivity index (χ0v) is 12.2. The Morgan fingerprint density at radius 3 is 3.00 bits per heavy atom. The molecule has 17 heavy (non-hydrogen) atoms. The maximum atomic E-state index is 4.84. The molecule has 0 spiro atoms. The molecule has 86 valence electrons. The fourth-order valence-corrected chi connectivity index (χ4v) is 4.30. The maximum Gasteiger partial charge on any atom is 0.113 e. The summed E-state index contributed by atoms with van der Waals surface area (Å²) in [6.07, 6.45) is 5.84. The Morgan fingerprint density at radius 1 is 1.24 bits per heavy atom. The monoisotopic (exact) mass is 352 g/mol. The molecule has 0 aromatic heterocycles. The standard InChI is InChI=1S/C13H10Br2N2/c14-8-4-11(15)10-6-17-9-2-1-7(3-9)13(17)16-12(10)5-8/h1-2,4-5,7,9H,3,6H2. The Bertz CT molecular complexity index is 577. The number of amidine groups is 1. The number of rotatable bonds is 0. The van der Waals surface area contributed by atoms with Crippen LogP contribution in [0.4, 0.5) is 5.69 Å². The topological polar surface area (TPSA) is 15.6 Å². The van der Waals surface area contributed by atoms with Crippen LogP contribution >= 0.6 is 31.9 Å². The van der Waals surface area contributed by atoms with Gasteiger partial charge in [-0.05, 0) is 18.6 Å². The molecular weight excluding hydrogens is 344 g/mol. The Morgan fingerprint density at radius 2 is 2.12 bits per heavy atom. The molecule has 2 aliphatic heterocycles. The van der Waals surface area contributed by atoms with Crippen molar-refractivity contribution in [3.63, 3.8) is 0 Å². The van der Waals surface area contributed by atoms with E-state index in [0.29, 0.717) is 12.0 Å². The van der Waals surface area contributed by atoms with Gasteiger partial charge in [0, 0.05) is 33.0 Å². The normalized spacial score (nSPS) is 28.1. The van der Waals surface area contributed by atoms with Crippen molar-refractivity contribution in [3.8, 4) is 0 Å². The summed E-state index contributed by atoms with van der Waals surface area (Å²) in [5.41, 5.74) is 2.41. The second-order valence-electron chi connectivity index (χ2n) is 4.78. The maximum absolute atomic E-state index is 4.84. The van der Waals surface area contributed by atoms with Gasteiger partial charge in [-0.15, -0.1) is 0 Å². The fraction of sp³-hybridized carbons (Fsp3) is 0.308. The highest BCUT2D eigenvalue weighted by molar-refractivity contribution is 9.11. The molecule has 1 fully saturated rings. The molecule has 3 aliphatic rings. The van der Waals surface area contributed by atoms with Gasteiger partial charge in [-0.3, -0.25) is 0 Å². The smallest absolute Gasteiger partial charge is 0.113 e. The van der Waals surface area contributed by atoms with E-state index in [2.05, 4.69) is 61.0 Å². The summed E-state index contributed by atoms with van der Waals surface area (Å²) in [6, 6.07) is 4.78. The van der Waals surface area contributed by atoms with Gasteiger partial charge < -0.3 is 4.90 Å². The van der Waals surface area contributed by atoms with E-state index in [9.17, 15) is 0 Å². The lowest BCUT2D eigenvalue weighted by molar-refractivity contribution is 0.377. The van der Waals surface area contributed by atoms with Crippen LogP contribution in [0.2, 0.25) is 0 Å². The first-order chi connectivity index (χ1) is 8.22. The summed E-state index contributed by atoms with van der Waals surface area (Å²) >= 11 is 7.17. The molecule has 1 aromatic rings. The second-order valence-corrected chi connectivity index (χ2v) is 6.55. The number of nitrogens with zero attached hydrogens (tertiary/aromatic N) is 2. The van der Waals surface area contributed by atoms with Crippen LogP contribution in [0.3, 0.4) is 0 Å². The van der Waals surface area contributed by atoms with E-state index in [1.807, 2.05) is 0 Å². The SMILES string of the molecule is Brc1cc(Br)c2c(c1)N=C1C3C=CC(C3)N1C2. The minimum absolute atomic E-state index is 0.547. The highest BCUT2D eigenvalue weighted by Gasteiger charge is 2.41. The van der Waals surface area contributed by atoms with E-state index >= 15 is 0 Å². The van der Waals surface area contributed by atoms with Crippen molar-refractivity contribution >= 4 is 43.4 Å². The summed E-state index contributed by atoms with van der Waals surface area (Å²) < 4.78 is 2.23. The summed E-state index contributed by atoms with van der Waals surface area (Å²) in [4.78, 5) is 7.28. The minimum atomic E-state index is 0.547. The average molecular weight is 354 g/mol. The quantitative estimate of drug-likeness (QED) is 0.643. The third-order valence-electron chi connectivity index (χ3n) is 3.79. The van der Waals surface area contributed by atoms with Crippen molar-refractivity contribution in [2.45, 2.75) is 19.0 Å². The first-order valence-electron chi connectivity index (χ1n) is 5.74. The molecule has 2 unspecified atom stereocenters. The molecule has 0 N–H and O–H groups in total. The van der Waals surface area contributed by atoms with Gasteiger partial charge in [0.25, 0.3) is 0 Å². The number of hydrogen-bond donors (Lipinski definition) is 0. The summed E-state index contributed by atoms with van der Waals surface area (Å²) in [6.45, 7) is 0.980. The average Bonchev–Trinajstić information content (AvgIpc) is 2.87. The van der Waals surface area contributed by atoms with Crippen molar-refractivity contribution in [1.82, 2.24) is 4.90 Å².